The first-order valence-corrected chi connectivity index (χ1v) is 11.9. The lowest BCUT2D eigenvalue weighted by Crippen LogP contribution is -2.15. The molecule has 2 aromatic rings. The number of halogens is 2. The first-order valence-electron chi connectivity index (χ1n) is 9.18. The molecule has 156 valence electrons. The van der Waals surface area contributed by atoms with Crippen LogP contribution in [0, 0.1) is 11.7 Å². The molecule has 1 aromatic carbocycles. The fraction of sp³-hybridized carbons (Fsp3) is 0.500. The van der Waals surface area contributed by atoms with Crippen molar-refractivity contribution in [1.82, 2.24) is 4.98 Å². The number of aromatic nitrogens is 1. The van der Waals surface area contributed by atoms with Gasteiger partial charge >= 0.3 is 0 Å². The summed E-state index contributed by atoms with van der Waals surface area (Å²) in [5.41, 5.74) is 5.92. The zero-order chi connectivity index (χ0) is 20.6. The molecule has 0 fully saturated rings. The van der Waals surface area contributed by atoms with Gasteiger partial charge in [-0.05, 0) is 37.4 Å². The maximum absolute atomic E-state index is 14.4. The molecule has 0 aliphatic carbocycles. The molecular formula is C18H26ClFN4O2S2. The Bertz CT molecular complexity index is 848. The molecular weight excluding hydrogens is 423 g/mol. The summed E-state index contributed by atoms with van der Waals surface area (Å²) in [4.78, 5) is 3.33. The van der Waals surface area contributed by atoms with Gasteiger partial charge in [0.15, 0.2) is 5.13 Å². The van der Waals surface area contributed by atoms with Gasteiger partial charge in [-0.3, -0.25) is 4.72 Å². The standard InChI is InChI=1S/C18H26ClFN4O2S2/c1-13(6-7-21)5-3-2-4-8-22-16-12-15(20)17(11-14(16)19)28(25,26)24-18-23-9-10-27-18/h9-13,22H,2-8,21H2,1H3,(H,23,24)/t13-/m0/s1. The van der Waals surface area contributed by atoms with E-state index in [1.807, 2.05) is 0 Å². The SMILES string of the molecule is C[C@H](CCN)CCCCCNc1cc(F)c(S(=O)(=O)Nc2nccs2)cc1Cl. The molecule has 0 unspecified atom stereocenters. The normalized spacial score (nSPS) is 12.7. The lowest BCUT2D eigenvalue weighted by atomic mass is 10.00. The largest absolute Gasteiger partial charge is 0.384 e. The van der Waals surface area contributed by atoms with Crippen LogP contribution in [0.15, 0.2) is 28.6 Å². The summed E-state index contributed by atoms with van der Waals surface area (Å²) in [6.45, 7) is 3.55. The van der Waals surface area contributed by atoms with Crippen LogP contribution in [-0.2, 0) is 10.0 Å². The molecule has 0 spiro atoms. The molecule has 1 atom stereocenters. The number of hydrogen-bond donors (Lipinski definition) is 3. The average molecular weight is 449 g/mol. The van der Waals surface area contributed by atoms with E-state index in [4.69, 9.17) is 17.3 Å². The highest BCUT2D eigenvalue weighted by atomic mass is 35.5. The van der Waals surface area contributed by atoms with E-state index in [1.54, 1.807) is 5.38 Å². The van der Waals surface area contributed by atoms with Gasteiger partial charge < -0.3 is 11.1 Å². The molecule has 0 bridgehead atoms. The van der Waals surface area contributed by atoms with Gasteiger partial charge in [0.2, 0.25) is 0 Å². The number of unbranched alkanes of at least 4 members (excludes halogenated alkanes) is 2. The molecule has 0 saturated carbocycles. The highest BCUT2D eigenvalue weighted by Gasteiger charge is 2.22. The predicted molar refractivity (Wildman–Crippen MR) is 114 cm³/mol. The topological polar surface area (TPSA) is 97.1 Å². The summed E-state index contributed by atoms with van der Waals surface area (Å²) < 4.78 is 41.3. The third kappa shape index (κ3) is 6.88. The number of anilines is 2. The van der Waals surface area contributed by atoms with Crippen LogP contribution in [-0.4, -0.2) is 26.5 Å². The lowest BCUT2D eigenvalue weighted by Gasteiger charge is -2.12. The van der Waals surface area contributed by atoms with Gasteiger partial charge in [-0.2, -0.15) is 0 Å². The second kappa shape index (κ2) is 10.9. The van der Waals surface area contributed by atoms with Crippen LogP contribution in [0.4, 0.5) is 15.2 Å². The van der Waals surface area contributed by atoms with Gasteiger partial charge in [0.05, 0.1) is 10.7 Å². The molecule has 0 amide bonds. The summed E-state index contributed by atoms with van der Waals surface area (Å²) in [5.74, 6) is -0.236. The van der Waals surface area contributed by atoms with Crippen molar-refractivity contribution in [3.05, 3.63) is 34.5 Å². The van der Waals surface area contributed by atoms with Crippen LogP contribution in [0.3, 0.4) is 0 Å². The monoisotopic (exact) mass is 448 g/mol. The van der Waals surface area contributed by atoms with Crippen LogP contribution >= 0.6 is 22.9 Å². The van der Waals surface area contributed by atoms with E-state index in [-0.39, 0.29) is 10.2 Å². The van der Waals surface area contributed by atoms with E-state index >= 15 is 0 Å². The summed E-state index contributed by atoms with van der Waals surface area (Å²) >= 11 is 7.26. The van der Waals surface area contributed by atoms with Crippen molar-refractivity contribution >= 4 is 43.8 Å². The van der Waals surface area contributed by atoms with E-state index in [0.29, 0.717) is 18.2 Å². The van der Waals surface area contributed by atoms with Crippen molar-refractivity contribution < 1.29 is 12.8 Å². The Balaban J connectivity index is 1.89. The predicted octanol–water partition coefficient (Wildman–Crippen LogP) is 4.69. The van der Waals surface area contributed by atoms with Crippen molar-refractivity contribution in [2.75, 3.05) is 23.1 Å². The summed E-state index contributed by atoms with van der Waals surface area (Å²) in [5, 5.41) is 5.01. The van der Waals surface area contributed by atoms with Crippen LogP contribution in [0.25, 0.3) is 0 Å². The Labute approximate surface area is 174 Å². The number of benzene rings is 1. The van der Waals surface area contributed by atoms with Crippen LogP contribution in [0.5, 0.6) is 0 Å². The van der Waals surface area contributed by atoms with Crippen molar-refractivity contribution in [2.45, 2.75) is 43.9 Å². The minimum Gasteiger partial charge on any atom is -0.384 e. The summed E-state index contributed by atoms with van der Waals surface area (Å²) in [6, 6.07) is 2.23. The minimum atomic E-state index is -4.10. The molecule has 0 radical (unpaired) electrons. The van der Waals surface area contributed by atoms with Gasteiger partial charge in [0.25, 0.3) is 10.0 Å². The molecule has 28 heavy (non-hydrogen) atoms. The fourth-order valence-electron chi connectivity index (χ4n) is 2.76. The Hall–Kier alpha value is -1.42. The second-order valence-corrected chi connectivity index (χ2v) is 9.62. The molecule has 0 saturated heterocycles. The Kier molecular flexibility index (Phi) is 8.94. The smallest absolute Gasteiger partial charge is 0.266 e. The number of rotatable bonds is 12. The number of sulfonamides is 1. The van der Waals surface area contributed by atoms with Crippen LogP contribution < -0.4 is 15.8 Å². The van der Waals surface area contributed by atoms with Gasteiger partial charge in [0.1, 0.15) is 10.7 Å². The molecule has 6 nitrogen and oxygen atoms in total. The minimum absolute atomic E-state index is 0.150. The number of nitrogens with one attached hydrogen (secondary N) is 2. The van der Waals surface area contributed by atoms with Crippen LogP contribution in [0.1, 0.15) is 39.0 Å². The maximum atomic E-state index is 14.4. The zero-order valence-corrected chi connectivity index (χ0v) is 18.1. The number of thiazole rings is 1. The quantitative estimate of drug-likeness (QED) is 0.409. The van der Waals surface area contributed by atoms with Gasteiger partial charge in [-0.1, -0.05) is 37.8 Å². The van der Waals surface area contributed by atoms with Gasteiger partial charge in [-0.25, -0.2) is 17.8 Å². The van der Waals surface area contributed by atoms with E-state index in [9.17, 15) is 12.8 Å². The molecule has 0 aliphatic rings. The molecule has 1 heterocycles. The van der Waals surface area contributed by atoms with E-state index < -0.39 is 20.7 Å². The van der Waals surface area contributed by atoms with E-state index in [2.05, 4.69) is 21.9 Å². The second-order valence-electron chi connectivity index (χ2n) is 6.66. The molecule has 4 N–H and O–H groups in total. The molecule has 2 rings (SSSR count). The zero-order valence-electron chi connectivity index (χ0n) is 15.7. The van der Waals surface area contributed by atoms with Crippen molar-refractivity contribution in [1.29, 1.82) is 0 Å². The van der Waals surface area contributed by atoms with Gasteiger partial charge in [-0.15, -0.1) is 11.3 Å². The maximum Gasteiger partial charge on any atom is 0.266 e. The Morgan fingerprint density at radius 2 is 2.07 bits per heavy atom. The van der Waals surface area contributed by atoms with Crippen molar-refractivity contribution in [3.8, 4) is 0 Å². The number of nitrogens with zero attached hydrogens (tertiary/aromatic N) is 1. The van der Waals surface area contributed by atoms with E-state index in [1.165, 1.54) is 6.20 Å². The highest BCUT2D eigenvalue weighted by Crippen LogP contribution is 2.29. The van der Waals surface area contributed by atoms with Crippen molar-refractivity contribution in [2.24, 2.45) is 11.7 Å². The number of hydrogen-bond acceptors (Lipinski definition) is 6. The summed E-state index contributed by atoms with van der Waals surface area (Å²) in [7, 11) is -4.10. The first kappa shape index (κ1) is 22.9. The molecule has 0 aliphatic heterocycles. The first-order chi connectivity index (χ1) is 13.3. The van der Waals surface area contributed by atoms with Gasteiger partial charge in [0, 0.05) is 18.1 Å². The lowest BCUT2D eigenvalue weighted by molar-refractivity contribution is 0.468. The van der Waals surface area contributed by atoms with E-state index in [0.717, 1.165) is 62.1 Å². The molecule has 10 heteroatoms. The molecule has 1 aromatic heterocycles. The Morgan fingerprint density at radius 1 is 1.29 bits per heavy atom. The third-order valence-electron chi connectivity index (χ3n) is 4.31. The average Bonchev–Trinajstić information content (AvgIpc) is 3.12. The number of nitrogens with two attached hydrogens (primary N) is 1. The summed E-state index contributed by atoms with van der Waals surface area (Å²) in [6.07, 6.45) is 6.72. The third-order valence-corrected chi connectivity index (χ3v) is 6.80. The fourth-order valence-corrected chi connectivity index (χ4v) is 4.93. The Morgan fingerprint density at radius 3 is 2.75 bits per heavy atom. The van der Waals surface area contributed by atoms with Crippen LogP contribution in [0.2, 0.25) is 5.02 Å². The van der Waals surface area contributed by atoms with Crippen molar-refractivity contribution in [3.63, 3.8) is 0 Å². The highest BCUT2D eigenvalue weighted by molar-refractivity contribution is 7.93.